The highest BCUT2D eigenvalue weighted by Crippen LogP contribution is 2.12. The number of furan rings is 1. The molecule has 2 rings (SSSR count). The van der Waals surface area contributed by atoms with Gasteiger partial charge in [0, 0.05) is 23.5 Å². The Bertz CT molecular complexity index is 495. The van der Waals surface area contributed by atoms with Crippen LogP contribution in [0.4, 0.5) is 0 Å². The molecule has 5 heteroatoms. The van der Waals surface area contributed by atoms with Gasteiger partial charge in [0.15, 0.2) is 0 Å². The quantitative estimate of drug-likeness (QED) is 0.813. The van der Waals surface area contributed by atoms with E-state index in [1.807, 2.05) is 37.6 Å². The second-order valence-electron chi connectivity index (χ2n) is 4.95. The molecule has 0 aliphatic heterocycles. The molecule has 0 fully saturated rings. The third-order valence-electron chi connectivity index (χ3n) is 3.06. The summed E-state index contributed by atoms with van der Waals surface area (Å²) in [6, 6.07) is 6.00. The molecule has 1 N–H and O–H groups in total. The SMILES string of the molecule is Cc1occc1CN(C)CC(O)COCc1cccs1. The van der Waals surface area contributed by atoms with Gasteiger partial charge >= 0.3 is 0 Å². The zero-order valence-electron chi connectivity index (χ0n) is 11.9. The Morgan fingerprint density at radius 2 is 2.30 bits per heavy atom. The lowest BCUT2D eigenvalue weighted by atomic mass is 10.2. The molecule has 1 unspecified atom stereocenters. The van der Waals surface area contributed by atoms with Crippen molar-refractivity contribution in [2.45, 2.75) is 26.2 Å². The van der Waals surface area contributed by atoms with E-state index in [-0.39, 0.29) is 0 Å². The Labute approximate surface area is 123 Å². The van der Waals surface area contributed by atoms with Crippen LogP contribution in [-0.2, 0) is 17.9 Å². The van der Waals surface area contributed by atoms with Gasteiger partial charge in [-0.05, 0) is 31.5 Å². The van der Waals surface area contributed by atoms with Crippen LogP contribution in [0.3, 0.4) is 0 Å². The summed E-state index contributed by atoms with van der Waals surface area (Å²) in [5, 5.41) is 12.0. The van der Waals surface area contributed by atoms with Gasteiger partial charge in [0.05, 0.1) is 25.6 Å². The fraction of sp³-hybridized carbons (Fsp3) is 0.467. The lowest BCUT2D eigenvalue weighted by molar-refractivity contribution is 0.0135. The van der Waals surface area contributed by atoms with E-state index in [9.17, 15) is 5.11 Å². The molecule has 110 valence electrons. The number of aryl methyl sites for hydroxylation is 1. The molecule has 0 aliphatic carbocycles. The third kappa shape index (κ3) is 4.76. The van der Waals surface area contributed by atoms with Gasteiger partial charge in [-0.2, -0.15) is 0 Å². The summed E-state index contributed by atoms with van der Waals surface area (Å²) < 4.78 is 10.8. The molecule has 0 amide bonds. The van der Waals surface area contributed by atoms with Gasteiger partial charge in [0.1, 0.15) is 5.76 Å². The molecule has 0 aromatic carbocycles. The normalized spacial score (nSPS) is 13.0. The average molecular weight is 295 g/mol. The van der Waals surface area contributed by atoms with Crippen molar-refractivity contribution in [3.8, 4) is 0 Å². The summed E-state index contributed by atoms with van der Waals surface area (Å²) in [4.78, 5) is 3.25. The van der Waals surface area contributed by atoms with Gasteiger partial charge in [-0.3, -0.25) is 4.90 Å². The molecule has 4 nitrogen and oxygen atoms in total. The molecular weight excluding hydrogens is 274 g/mol. The van der Waals surface area contributed by atoms with Gasteiger partial charge in [0.25, 0.3) is 0 Å². The van der Waals surface area contributed by atoms with Crippen molar-refractivity contribution in [3.05, 3.63) is 46.0 Å². The third-order valence-corrected chi connectivity index (χ3v) is 3.91. The monoisotopic (exact) mass is 295 g/mol. The predicted molar refractivity (Wildman–Crippen MR) is 79.8 cm³/mol. The minimum Gasteiger partial charge on any atom is -0.469 e. The number of hydrogen-bond donors (Lipinski definition) is 1. The van der Waals surface area contributed by atoms with Crippen molar-refractivity contribution in [1.29, 1.82) is 0 Å². The first-order valence-electron chi connectivity index (χ1n) is 6.65. The largest absolute Gasteiger partial charge is 0.469 e. The van der Waals surface area contributed by atoms with Crippen molar-refractivity contribution in [2.75, 3.05) is 20.2 Å². The van der Waals surface area contributed by atoms with Crippen LogP contribution in [0.25, 0.3) is 0 Å². The van der Waals surface area contributed by atoms with Crippen LogP contribution in [0.5, 0.6) is 0 Å². The molecule has 20 heavy (non-hydrogen) atoms. The van der Waals surface area contributed by atoms with Gasteiger partial charge in [-0.25, -0.2) is 0 Å². The van der Waals surface area contributed by atoms with Gasteiger partial charge in [-0.1, -0.05) is 6.07 Å². The highest BCUT2D eigenvalue weighted by Gasteiger charge is 2.11. The molecule has 2 aromatic heterocycles. The van der Waals surface area contributed by atoms with E-state index in [2.05, 4.69) is 4.90 Å². The van der Waals surface area contributed by atoms with E-state index < -0.39 is 6.10 Å². The Hall–Kier alpha value is -1.14. The summed E-state index contributed by atoms with van der Waals surface area (Å²) in [5.74, 6) is 0.931. The van der Waals surface area contributed by atoms with E-state index in [1.165, 1.54) is 4.88 Å². The Balaban J connectivity index is 1.66. The summed E-state index contributed by atoms with van der Waals surface area (Å²) in [6.07, 6.45) is 1.21. The molecule has 0 bridgehead atoms. The number of likely N-dealkylation sites (N-methyl/N-ethyl adjacent to an activating group) is 1. The first-order chi connectivity index (χ1) is 9.65. The number of thiophene rings is 1. The van der Waals surface area contributed by atoms with Crippen molar-refractivity contribution in [3.63, 3.8) is 0 Å². The van der Waals surface area contributed by atoms with Crippen LogP contribution in [-0.4, -0.2) is 36.3 Å². The number of ether oxygens (including phenoxy) is 1. The summed E-state index contributed by atoms with van der Waals surface area (Å²) in [7, 11) is 1.98. The van der Waals surface area contributed by atoms with Crippen molar-refractivity contribution in [1.82, 2.24) is 4.90 Å². The number of aliphatic hydroxyl groups excluding tert-OH is 1. The Morgan fingerprint density at radius 3 is 2.95 bits per heavy atom. The maximum absolute atomic E-state index is 9.96. The Kier molecular flexibility index (Phi) is 5.79. The smallest absolute Gasteiger partial charge is 0.105 e. The molecule has 0 radical (unpaired) electrons. The van der Waals surface area contributed by atoms with Crippen molar-refractivity contribution in [2.24, 2.45) is 0 Å². The van der Waals surface area contributed by atoms with Crippen LogP contribution in [0.1, 0.15) is 16.2 Å². The Morgan fingerprint density at radius 1 is 1.45 bits per heavy atom. The highest BCUT2D eigenvalue weighted by molar-refractivity contribution is 7.09. The lowest BCUT2D eigenvalue weighted by Crippen LogP contribution is -2.31. The molecule has 0 aliphatic rings. The first kappa shape index (κ1) is 15.3. The second kappa shape index (κ2) is 7.59. The summed E-state index contributed by atoms with van der Waals surface area (Å²) >= 11 is 1.67. The first-order valence-corrected chi connectivity index (χ1v) is 7.53. The molecule has 0 spiro atoms. The van der Waals surface area contributed by atoms with Crippen molar-refractivity contribution < 1.29 is 14.3 Å². The zero-order chi connectivity index (χ0) is 14.4. The van der Waals surface area contributed by atoms with Crippen LogP contribution in [0.2, 0.25) is 0 Å². The van der Waals surface area contributed by atoms with Gasteiger partial charge in [0.2, 0.25) is 0 Å². The van der Waals surface area contributed by atoms with Crippen LogP contribution in [0.15, 0.2) is 34.3 Å². The van der Waals surface area contributed by atoms with E-state index >= 15 is 0 Å². The van der Waals surface area contributed by atoms with E-state index in [4.69, 9.17) is 9.15 Å². The number of nitrogens with zero attached hydrogens (tertiary/aromatic N) is 1. The molecular formula is C15H21NO3S. The standard InChI is InChI=1S/C15H21NO3S/c1-12-13(5-6-19-12)8-16(2)9-14(17)10-18-11-15-4-3-7-20-15/h3-7,14,17H,8-11H2,1-2H3. The van der Waals surface area contributed by atoms with Crippen LogP contribution < -0.4 is 0 Å². The van der Waals surface area contributed by atoms with E-state index in [0.29, 0.717) is 19.8 Å². The molecule has 1 atom stereocenters. The van der Waals surface area contributed by atoms with E-state index in [1.54, 1.807) is 17.6 Å². The van der Waals surface area contributed by atoms with Crippen molar-refractivity contribution >= 4 is 11.3 Å². The maximum atomic E-state index is 9.96. The maximum Gasteiger partial charge on any atom is 0.105 e. The van der Waals surface area contributed by atoms with E-state index in [0.717, 1.165) is 17.9 Å². The van der Waals surface area contributed by atoms with Crippen LogP contribution in [0, 0.1) is 6.92 Å². The molecule has 0 saturated carbocycles. The minimum atomic E-state index is -0.479. The average Bonchev–Trinajstić information content (AvgIpc) is 3.02. The number of rotatable bonds is 8. The fourth-order valence-corrected chi connectivity index (χ4v) is 2.67. The summed E-state index contributed by atoms with van der Waals surface area (Å²) in [5.41, 5.74) is 1.15. The minimum absolute atomic E-state index is 0.354. The lowest BCUT2D eigenvalue weighted by Gasteiger charge is -2.20. The number of hydrogen-bond acceptors (Lipinski definition) is 5. The number of aliphatic hydroxyl groups is 1. The van der Waals surface area contributed by atoms with Gasteiger partial charge < -0.3 is 14.3 Å². The molecule has 0 saturated heterocycles. The second-order valence-corrected chi connectivity index (χ2v) is 5.98. The highest BCUT2D eigenvalue weighted by atomic mass is 32.1. The topological polar surface area (TPSA) is 45.8 Å². The summed E-state index contributed by atoms with van der Waals surface area (Å²) in [6.45, 7) is 4.22. The van der Waals surface area contributed by atoms with Crippen LogP contribution >= 0.6 is 11.3 Å². The zero-order valence-corrected chi connectivity index (χ0v) is 12.7. The molecule has 2 aromatic rings. The van der Waals surface area contributed by atoms with Gasteiger partial charge in [-0.15, -0.1) is 11.3 Å². The fourth-order valence-electron chi connectivity index (χ4n) is 2.03. The predicted octanol–water partition coefficient (Wildman–Crippen LogP) is 2.66. The molecule has 2 heterocycles.